The molecule has 0 saturated carbocycles. The molecule has 2 aromatic heterocycles. The fraction of sp³-hybridized carbons (Fsp3) is 0.0526. The molecule has 0 N–H and O–H groups in total. The second kappa shape index (κ2) is 6.23. The number of nitrogens with zero attached hydrogens (tertiary/aromatic N) is 1. The van der Waals surface area contributed by atoms with E-state index in [0.717, 1.165) is 16.0 Å². The standard InChI is InChI=1S/C19H12ClNO2S/c20-14-7-5-12(6-8-14)9-18-21-16(11-24-18)15-10-13-3-1-2-4-17(13)23-19(15)22/h1-8,10-11H,9H2. The van der Waals surface area contributed by atoms with Gasteiger partial charge in [0.15, 0.2) is 0 Å². The molecule has 0 aliphatic heterocycles. The third-order valence-corrected chi connectivity index (χ3v) is 4.84. The Hall–Kier alpha value is -2.43. The molecule has 24 heavy (non-hydrogen) atoms. The number of aromatic nitrogens is 1. The summed E-state index contributed by atoms with van der Waals surface area (Å²) < 4.78 is 5.38. The van der Waals surface area contributed by atoms with Gasteiger partial charge in [0.25, 0.3) is 0 Å². The predicted molar refractivity (Wildman–Crippen MR) is 97.9 cm³/mol. The van der Waals surface area contributed by atoms with Gasteiger partial charge in [-0.25, -0.2) is 9.78 Å². The molecule has 0 saturated heterocycles. The minimum absolute atomic E-state index is 0.364. The van der Waals surface area contributed by atoms with Gasteiger partial charge in [0.05, 0.1) is 16.3 Å². The van der Waals surface area contributed by atoms with Crippen LogP contribution >= 0.6 is 22.9 Å². The van der Waals surface area contributed by atoms with Gasteiger partial charge in [0.2, 0.25) is 0 Å². The Labute approximate surface area is 147 Å². The molecule has 0 aliphatic rings. The molecule has 0 radical (unpaired) electrons. The van der Waals surface area contributed by atoms with Crippen LogP contribution in [0.5, 0.6) is 0 Å². The van der Waals surface area contributed by atoms with E-state index in [2.05, 4.69) is 4.98 Å². The smallest absolute Gasteiger partial charge is 0.345 e. The van der Waals surface area contributed by atoms with Gasteiger partial charge in [-0.2, -0.15) is 0 Å². The maximum atomic E-state index is 12.2. The lowest BCUT2D eigenvalue weighted by Gasteiger charge is -2.00. The molecular weight excluding hydrogens is 342 g/mol. The summed E-state index contributed by atoms with van der Waals surface area (Å²) >= 11 is 7.44. The zero-order valence-electron chi connectivity index (χ0n) is 12.5. The fourth-order valence-electron chi connectivity index (χ4n) is 2.53. The van der Waals surface area contributed by atoms with Gasteiger partial charge in [0, 0.05) is 22.2 Å². The second-order valence-corrected chi connectivity index (χ2v) is 6.79. The van der Waals surface area contributed by atoms with Gasteiger partial charge < -0.3 is 4.42 Å². The van der Waals surface area contributed by atoms with E-state index in [1.807, 2.05) is 53.9 Å². The van der Waals surface area contributed by atoms with Crippen LogP contribution in [0.1, 0.15) is 10.6 Å². The van der Waals surface area contributed by atoms with Gasteiger partial charge >= 0.3 is 5.63 Å². The Bertz CT molecular complexity index is 1070. The minimum Gasteiger partial charge on any atom is -0.422 e. The maximum Gasteiger partial charge on any atom is 0.345 e. The van der Waals surface area contributed by atoms with Crippen molar-refractivity contribution in [1.82, 2.24) is 4.98 Å². The third kappa shape index (κ3) is 2.98. The van der Waals surface area contributed by atoms with Gasteiger partial charge in [0.1, 0.15) is 5.58 Å². The molecule has 0 aliphatic carbocycles. The molecular formula is C19H12ClNO2S. The number of fused-ring (bicyclic) bond motifs is 1. The Morgan fingerprint density at radius 2 is 1.88 bits per heavy atom. The van der Waals surface area contributed by atoms with Crippen molar-refractivity contribution in [1.29, 1.82) is 0 Å². The Morgan fingerprint density at radius 3 is 2.71 bits per heavy atom. The monoisotopic (exact) mass is 353 g/mol. The first-order chi connectivity index (χ1) is 11.7. The highest BCUT2D eigenvalue weighted by molar-refractivity contribution is 7.10. The Balaban J connectivity index is 1.68. The first kappa shape index (κ1) is 15.1. The predicted octanol–water partition coefficient (Wildman–Crippen LogP) is 5.16. The SMILES string of the molecule is O=c1oc2ccccc2cc1-c1csc(Cc2ccc(Cl)cc2)n1. The summed E-state index contributed by atoms with van der Waals surface area (Å²) in [5.74, 6) is 0. The lowest BCUT2D eigenvalue weighted by atomic mass is 10.1. The number of rotatable bonds is 3. The number of para-hydroxylation sites is 1. The molecule has 0 unspecified atom stereocenters. The summed E-state index contributed by atoms with van der Waals surface area (Å²) in [5.41, 5.74) is 2.50. The molecule has 3 nitrogen and oxygen atoms in total. The van der Waals surface area contributed by atoms with Gasteiger partial charge in [-0.1, -0.05) is 41.9 Å². The number of benzene rings is 2. The lowest BCUT2D eigenvalue weighted by molar-refractivity contribution is 0.563. The normalized spacial score (nSPS) is 11.0. The molecule has 5 heteroatoms. The quantitative estimate of drug-likeness (QED) is 0.478. The molecule has 2 heterocycles. The number of hydrogen-bond donors (Lipinski definition) is 0. The fourth-order valence-corrected chi connectivity index (χ4v) is 3.49. The molecule has 118 valence electrons. The summed E-state index contributed by atoms with van der Waals surface area (Å²) in [6.07, 6.45) is 0.709. The molecule has 0 atom stereocenters. The first-order valence-corrected chi connectivity index (χ1v) is 8.67. The number of halogens is 1. The van der Waals surface area contributed by atoms with E-state index in [0.29, 0.717) is 28.3 Å². The average molecular weight is 354 g/mol. The molecule has 2 aromatic carbocycles. The Kier molecular flexibility index (Phi) is 3.92. The molecule has 0 fully saturated rings. The summed E-state index contributed by atoms with van der Waals surface area (Å²) in [5, 5.41) is 4.44. The lowest BCUT2D eigenvalue weighted by Crippen LogP contribution is -2.02. The van der Waals surface area contributed by atoms with Crippen molar-refractivity contribution in [2.45, 2.75) is 6.42 Å². The summed E-state index contributed by atoms with van der Waals surface area (Å²) in [4.78, 5) is 16.8. The van der Waals surface area contributed by atoms with Crippen LogP contribution < -0.4 is 5.63 Å². The zero-order valence-corrected chi connectivity index (χ0v) is 14.1. The molecule has 0 spiro atoms. The largest absolute Gasteiger partial charge is 0.422 e. The first-order valence-electron chi connectivity index (χ1n) is 7.41. The van der Waals surface area contributed by atoms with Crippen molar-refractivity contribution in [2.75, 3.05) is 0 Å². The van der Waals surface area contributed by atoms with Crippen LogP contribution in [0.3, 0.4) is 0 Å². The van der Waals surface area contributed by atoms with E-state index in [-0.39, 0.29) is 5.63 Å². The van der Waals surface area contributed by atoms with Crippen molar-refractivity contribution < 1.29 is 4.42 Å². The Morgan fingerprint density at radius 1 is 1.08 bits per heavy atom. The van der Waals surface area contributed by atoms with E-state index < -0.39 is 0 Å². The van der Waals surface area contributed by atoms with Gasteiger partial charge in [-0.05, 0) is 29.8 Å². The van der Waals surface area contributed by atoms with Crippen molar-refractivity contribution >= 4 is 33.9 Å². The van der Waals surface area contributed by atoms with Crippen molar-refractivity contribution in [3.63, 3.8) is 0 Å². The van der Waals surface area contributed by atoms with Crippen LogP contribution in [0.15, 0.2) is 69.2 Å². The molecule has 4 aromatic rings. The van der Waals surface area contributed by atoms with Crippen LogP contribution in [-0.2, 0) is 6.42 Å². The third-order valence-electron chi connectivity index (χ3n) is 3.74. The summed E-state index contributed by atoms with van der Waals surface area (Å²) in [6, 6.07) is 17.0. The summed E-state index contributed by atoms with van der Waals surface area (Å²) in [7, 11) is 0. The molecule has 0 bridgehead atoms. The maximum absolute atomic E-state index is 12.2. The van der Waals surface area contributed by atoms with Crippen molar-refractivity contribution in [2.24, 2.45) is 0 Å². The second-order valence-electron chi connectivity index (χ2n) is 5.42. The molecule has 0 amide bonds. The van der Waals surface area contributed by atoms with Crippen LogP contribution in [0.2, 0.25) is 5.02 Å². The van der Waals surface area contributed by atoms with Crippen LogP contribution in [0.4, 0.5) is 0 Å². The van der Waals surface area contributed by atoms with E-state index in [9.17, 15) is 4.79 Å². The van der Waals surface area contributed by atoms with Crippen LogP contribution in [0, 0.1) is 0 Å². The van der Waals surface area contributed by atoms with E-state index in [1.165, 1.54) is 11.3 Å². The summed E-state index contributed by atoms with van der Waals surface area (Å²) in [6.45, 7) is 0. The van der Waals surface area contributed by atoms with Crippen LogP contribution in [-0.4, -0.2) is 4.98 Å². The zero-order chi connectivity index (χ0) is 16.5. The van der Waals surface area contributed by atoms with Gasteiger partial charge in [-0.15, -0.1) is 11.3 Å². The van der Waals surface area contributed by atoms with Crippen LogP contribution in [0.25, 0.3) is 22.2 Å². The molecule has 4 rings (SSSR count). The van der Waals surface area contributed by atoms with Crippen molar-refractivity contribution in [3.8, 4) is 11.3 Å². The van der Waals surface area contributed by atoms with E-state index >= 15 is 0 Å². The topological polar surface area (TPSA) is 43.1 Å². The average Bonchev–Trinajstić information content (AvgIpc) is 3.04. The highest BCUT2D eigenvalue weighted by atomic mass is 35.5. The van der Waals surface area contributed by atoms with Gasteiger partial charge in [-0.3, -0.25) is 0 Å². The van der Waals surface area contributed by atoms with E-state index in [1.54, 1.807) is 6.07 Å². The highest BCUT2D eigenvalue weighted by Crippen LogP contribution is 2.24. The van der Waals surface area contributed by atoms with E-state index in [4.69, 9.17) is 16.0 Å². The highest BCUT2D eigenvalue weighted by Gasteiger charge is 2.11. The minimum atomic E-state index is -0.364. The van der Waals surface area contributed by atoms with Crippen molar-refractivity contribution in [3.05, 3.63) is 86.0 Å². The number of thiazole rings is 1. The number of hydrogen-bond acceptors (Lipinski definition) is 4.